The number of Topliss-reactive ketones (excluding diaryl/α,β-unsaturated/α-hetero) is 1. The topological polar surface area (TPSA) is 47.8 Å². The first-order valence-corrected chi connectivity index (χ1v) is 7.65. The van der Waals surface area contributed by atoms with Crippen LogP contribution < -0.4 is 0 Å². The molecule has 0 spiro atoms. The fraction of sp³-hybridized carbons (Fsp3) is 0.400. The lowest BCUT2D eigenvalue weighted by Gasteiger charge is -2.08. The van der Waals surface area contributed by atoms with E-state index in [-0.39, 0.29) is 5.78 Å². The lowest BCUT2D eigenvalue weighted by molar-refractivity contribution is 0.101. The first-order valence-electron chi connectivity index (χ1n) is 6.66. The Labute approximate surface area is 123 Å². The van der Waals surface area contributed by atoms with Gasteiger partial charge >= 0.3 is 0 Å². The number of rotatable bonds is 6. The summed E-state index contributed by atoms with van der Waals surface area (Å²) in [5, 5.41) is 4.25. The van der Waals surface area contributed by atoms with Crippen molar-refractivity contribution in [3.63, 3.8) is 0 Å². The van der Waals surface area contributed by atoms with E-state index >= 15 is 0 Å². The second kappa shape index (κ2) is 6.70. The number of nitrogens with zero attached hydrogens (tertiary/aromatic N) is 3. The highest BCUT2D eigenvalue weighted by Gasteiger charge is 2.07. The average Bonchev–Trinajstić information content (AvgIpc) is 2.83. The Morgan fingerprint density at radius 1 is 1.30 bits per heavy atom. The zero-order valence-corrected chi connectivity index (χ0v) is 12.9. The maximum absolute atomic E-state index is 11.2. The van der Waals surface area contributed by atoms with Crippen molar-refractivity contribution in [2.24, 2.45) is 5.92 Å². The highest BCUT2D eigenvalue weighted by Crippen LogP contribution is 2.22. The molecule has 0 fully saturated rings. The van der Waals surface area contributed by atoms with Gasteiger partial charge in [-0.05, 0) is 25.0 Å². The molecule has 1 heterocycles. The molecule has 1 aromatic carbocycles. The van der Waals surface area contributed by atoms with Crippen LogP contribution in [0.15, 0.2) is 35.5 Å². The first-order chi connectivity index (χ1) is 9.56. The van der Waals surface area contributed by atoms with Crippen LogP contribution in [0.2, 0.25) is 0 Å². The van der Waals surface area contributed by atoms with E-state index in [1.165, 1.54) is 0 Å². The minimum atomic E-state index is 0.0956. The molecule has 0 saturated heterocycles. The van der Waals surface area contributed by atoms with Crippen LogP contribution in [0, 0.1) is 5.92 Å². The van der Waals surface area contributed by atoms with Crippen molar-refractivity contribution in [3.05, 3.63) is 42.0 Å². The van der Waals surface area contributed by atoms with Gasteiger partial charge in [-0.25, -0.2) is 9.67 Å². The predicted octanol–water partition coefficient (Wildman–Crippen LogP) is 3.43. The van der Waals surface area contributed by atoms with Crippen molar-refractivity contribution in [1.82, 2.24) is 14.8 Å². The maximum atomic E-state index is 11.2. The van der Waals surface area contributed by atoms with Gasteiger partial charge in [-0.1, -0.05) is 26.0 Å². The highest BCUT2D eigenvalue weighted by atomic mass is 32.2. The third kappa shape index (κ3) is 3.93. The van der Waals surface area contributed by atoms with Gasteiger partial charge in [0.25, 0.3) is 0 Å². The van der Waals surface area contributed by atoms with Gasteiger partial charge in [-0.3, -0.25) is 4.79 Å². The van der Waals surface area contributed by atoms with Crippen LogP contribution in [0.4, 0.5) is 0 Å². The fourth-order valence-electron chi connectivity index (χ4n) is 1.83. The maximum Gasteiger partial charge on any atom is 0.159 e. The van der Waals surface area contributed by atoms with E-state index in [4.69, 9.17) is 0 Å². The Balaban J connectivity index is 1.98. The molecule has 106 valence electrons. The summed E-state index contributed by atoms with van der Waals surface area (Å²) in [6.45, 7) is 6.80. The Kier molecular flexibility index (Phi) is 4.95. The summed E-state index contributed by atoms with van der Waals surface area (Å²) in [5.41, 5.74) is 0.748. The van der Waals surface area contributed by atoms with Crippen molar-refractivity contribution in [2.75, 3.05) is 0 Å². The normalized spacial score (nSPS) is 11.0. The monoisotopic (exact) mass is 289 g/mol. The molecule has 2 rings (SSSR count). The SMILES string of the molecule is CC(=O)c1ccc(SCc2ncnn2CC(C)C)cc1. The van der Waals surface area contributed by atoms with Crippen molar-refractivity contribution >= 4 is 17.5 Å². The van der Waals surface area contributed by atoms with Crippen LogP contribution >= 0.6 is 11.8 Å². The molecule has 5 heteroatoms. The lowest BCUT2D eigenvalue weighted by atomic mass is 10.2. The van der Waals surface area contributed by atoms with Crippen LogP contribution in [0.1, 0.15) is 37.0 Å². The standard InChI is InChI=1S/C15H19N3OS/c1-11(2)8-18-15(16-10-17-18)9-20-14-6-4-13(5-7-14)12(3)19/h4-7,10-11H,8-9H2,1-3H3. The molecule has 1 aromatic heterocycles. The zero-order valence-electron chi connectivity index (χ0n) is 12.0. The lowest BCUT2D eigenvalue weighted by Crippen LogP contribution is -2.09. The summed E-state index contributed by atoms with van der Waals surface area (Å²) in [7, 11) is 0. The van der Waals surface area contributed by atoms with Crippen LogP contribution in [-0.4, -0.2) is 20.5 Å². The van der Waals surface area contributed by atoms with E-state index in [1.54, 1.807) is 25.0 Å². The van der Waals surface area contributed by atoms with E-state index < -0.39 is 0 Å². The molecule has 0 aliphatic rings. The molecule has 0 unspecified atom stereocenters. The van der Waals surface area contributed by atoms with Gasteiger partial charge in [-0.2, -0.15) is 5.10 Å². The molecule has 0 aliphatic heterocycles. The van der Waals surface area contributed by atoms with E-state index in [0.717, 1.165) is 28.6 Å². The van der Waals surface area contributed by atoms with Gasteiger partial charge < -0.3 is 0 Å². The number of hydrogen-bond donors (Lipinski definition) is 0. The zero-order chi connectivity index (χ0) is 14.5. The molecule has 0 amide bonds. The minimum absolute atomic E-state index is 0.0956. The molecular formula is C15H19N3OS. The molecule has 0 radical (unpaired) electrons. The molecular weight excluding hydrogens is 270 g/mol. The van der Waals surface area contributed by atoms with E-state index in [1.807, 2.05) is 28.9 Å². The summed E-state index contributed by atoms with van der Waals surface area (Å²) >= 11 is 1.71. The van der Waals surface area contributed by atoms with Crippen LogP contribution in [0.25, 0.3) is 0 Å². The molecule has 0 N–H and O–H groups in total. The summed E-state index contributed by atoms with van der Waals surface area (Å²) < 4.78 is 1.96. The second-order valence-corrected chi connectivity index (χ2v) is 6.17. The van der Waals surface area contributed by atoms with Crippen molar-refractivity contribution < 1.29 is 4.79 Å². The van der Waals surface area contributed by atoms with Crippen LogP contribution in [-0.2, 0) is 12.3 Å². The molecule has 2 aromatic rings. The van der Waals surface area contributed by atoms with Gasteiger partial charge in [0, 0.05) is 17.0 Å². The molecule has 4 nitrogen and oxygen atoms in total. The fourth-order valence-corrected chi connectivity index (χ4v) is 2.68. The predicted molar refractivity (Wildman–Crippen MR) is 80.9 cm³/mol. The number of carbonyl (C=O) groups is 1. The summed E-state index contributed by atoms with van der Waals surface area (Å²) in [6.07, 6.45) is 1.61. The van der Waals surface area contributed by atoms with E-state index in [9.17, 15) is 4.79 Å². The van der Waals surface area contributed by atoms with Crippen molar-refractivity contribution in [3.8, 4) is 0 Å². The van der Waals surface area contributed by atoms with Gasteiger partial charge in [0.1, 0.15) is 12.2 Å². The number of benzene rings is 1. The van der Waals surface area contributed by atoms with Gasteiger partial charge in [-0.15, -0.1) is 11.8 Å². The molecule has 0 aliphatic carbocycles. The number of carbonyl (C=O) groups excluding carboxylic acids is 1. The number of hydrogen-bond acceptors (Lipinski definition) is 4. The smallest absolute Gasteiger partial charge is 0.159 e. The van der Waals surface area contributed by atoms with Gasteiger partial charge in [0.15, 0.2) is 5.78 Å². The third-order valence-electron chi connectivity index (χ3n) is 2.86. The molecule has 0 atom stereocenters. The van der Waals surface area contributed by atoms with Crippen molar-refractivity contribution in [1.29, 1.82) is 0 Å². The average molecular weight is 289 g/mol. The first kappa shape index (κ1) is 14.8. The van der Waals surface area contributed by atoms with Crippen molar-refractivity contribution in [2.45, 2.75) is 38.0 Å². The Bertz CT molecular complexity index is 575. The summed E-state index contributed by atoms with van der Waals surface area (Å²) in [5.74, 6) is 2.42. The second-order valence-electron chi connectivity index (χ2n) is 5.12. The van der Waals surface area contributed by atoms with Crippen LogP contribution in [0.3, 0.4) is 0 Å². The largest absolute Gasteiger partial charge is 0.295 e. The molecule has 20 heavy (non-hydrogen) atoms. The third-order valence-corrected chi connectivity index (χ3v) is 3.87. The molecule has 0 saturated carbocycles. The quantitative estimate of drug-likeness (QED) is 0.604. The summed E-state index contributed by atoms with van der Waals surface area (Å²) in [4.78, 5) is 16.7. The number of aromatic nitrogens is 3. The van der Waals surface area contributed by atoms with E-state index in [2.05, 4.69) is 23.9 Å². The van der Waals surface area contributed by atoms with Crippen LogP contribution in [0.5, 0.6) is 0 Å². The number of thioether (sulfide) groups is 1. The minimum Gasteiger partial charge on any atom is -0.295 e. The Hall–Kier alpha value is -1.62. The van der Waals surface area contributed by atoms with Gasteiger partial charge in [0.05, 0.1) is 5.75 Å². The number of ketones is 1. The molecule has 0 bridgehead atoms. The van der Waals surface area contributed by atoms with E-state index in [0.29, 0.717) is 5.92 Å². The summed E-state index contributed by atoms with van der Waals surface area (Å²) in [6, 6.07) is 7.68. The Morgan fingerprint density at radius 2 is 2.00 bits per heavy atom. The Morgan fingerprint density at radius 3 is 2.60 bits per heavy atom. The highest BCUT2D eigenvalue weighted by molar-refractivity contribution is 7.98. The van der Waals surface area contributed by atoms with Gasteiger partial charge in [0.2, 0.25) is 0 Å².